The van der Waals surface area contributed by atoms with Gasteiger partial charge in [-0.25, -0.2) is 0 Å². The van der Waals surface area contributed by atoms with Crippen LogP contribution in [-0.4, -0.2) is 42.0 Å². The third kappa shape index (κ3) is 2.41. The number of nitrogens with zero attached hydrogens (tertiary/aromatic N) is 1. The minimum atomic E-state index is 0.249. The van der Waals surface area contributed by atoms with Crippen molar-refractivity contribution in [2.45, 2.75) is 63.1 Å². The van der Waals surface area contributed by atoms with Crippen LogP contribution in [0, 0.1) is 5.92 Å². The highest BCUT2D eigenvalue weighted by molar-refractivity contribution is 5.77. The predicted octanol–water partition coefficient (Wildman–Crippen LogP) is 0.857. The Balaban J connectivity index is 1.61. The van der Waals surface area contributed by atoms with E-state index in [-0.39, 0.29) is 5.91 Å². The van der Waals surface area contributed by atoms with E-state index in [0.717, 1.165) is 25.9 Å². The Labute approximate surface area is 109 Å². The first kappa shape index (κ1) is 12.4. The van der Waals surface area contributed by atoms with E-state index < -0.39 is 0 Å². The summed E-state index contributed by atoms with van der Waals surface area (Å²) in [5.41, 5.74) is 6.29. The Morgan fingerprint density at radius 1 is 1.17 bits per heavy atom. The molecule has 2 heterocycles. The van der Waals surface area contributed by atoms with Gasteiger partial charge in [0, 0.05) is 37.6 Å². The van der Waals surface area contributed by atoms with E-state index in [0.29, 0.717) is 30.5 Å². The van der Waals surface area contributed by atoms with E-state index in [9.17, 15) is 4.79 Å². The molecule has 1 aliphatic carbocycles. The van der Waals surface area contributed by atoms with Crippen molar-refractivity contribution in [2.24, 2.45) is 11.7 Å². The molecule has 18 heavy (non-hydrogen) atoms. The molecule has 3 rings (SSSR count). The lowest BCUT2D eigenvalue weighted by Crippen LogP contribution is -2.59. The minimum Gasteiger partial charge on any atom is -0.353 e. The van der Waals surface area contributed by atoms with E-state index in [1.165, 1.54) is 25.7 Å². The Kier molecular flexibility index (Phi) is 3.57. The lowest BCUT2D eigenvalue weighted by atomic mass is 9.82. The molecule has 2 saturated heterocycles. The lowest BCUT2D eigenvalue weighted by Gasteiger charge is -2.46. The fourth-order valence-electron chi connectivity index (χ4n) is 4.03. The first-order valence-corrected chi connectivity index (χ1v) is 7.53. The van der Waals surface area contributed by atoms with Crippen LogP contribution in [0.4, 0.5) is 0 Å². The highest BCUT2D eigenvalue weighted by atomic mass is 16.1. The maximum Gasteiger partial charge on any atom is 0.220 e. The molecule has 3 fully saturated rings. The van der Waals surface area contributed by atoms with Gasteiger partial charge in [-0.05, 0) is 31.6 Å². The Morgan fingerprint density at radius 2 is 2.00 bits per heavy atom. The molecular weight excluding hydrogens is 226 g/mol. The topological polar surface area (TPSA) is 58.4 Å². The van der Waals surface area contributed by atoms with Gasteiger partial charge in [0.25, 0.3) is 0 Å². The van der Waals surface area contributed by atoms with Crippen LogP contribution in [0.2, 0.25) is 0 Å². The van der Waals surface area contributed by atoms with Gasteiger partial charge in [-0.3, -0.25) is 9.69 Å². The SMILES string of the molecule is NC1CCCCC1N1CCC2NC(=O)CCC2C1. The van der Waals surface area contributed by atoms with Crippen molar-refractivity contribution in [3.63, 3.8) is 0 Å². The zero-order chi connectivity index (χ0) is 12.5. The molecule has 3 N–H and O–H groups in total. The zero-order valence-electron chi connectivity index (χ0n) is 11.1. The van der Waals surface area contributed by atoms with E-state index in [4.69, 9.17) is 5.73 Å². The number of amides is 1. The maximum atomic E-state index is 11.4. The summed E-state index contributed by atoms with van der Waals surface area (Å²) < 4.78 is 0. The summed E-state index contributed by atoms with van der Waals surface area (Å²) in [6, 6.07) is 1.40. The van der Waals surface area contributed by atoms with E-state index in [1.807, 2.05) is 0 Å². The summed E-state index contributed by atoms with van der Waals surface area (Å²) in [4.78, 5) is 14.0. The first-order valence-electron chi connectivity index (χ1n) is 7.53. The smallest absolute Gasteiger partial charge is 0.220 e. The second-order valence-electron chi connectivity index (χ2n) is 6.27. The molecule has 4 nitrogen and oxygen atoms in total. The second-order valence-corrected chi connectivity index (χ2v) is 6.27. The van der Waals surface area contributed by atoms with Crippen molar-refractivity contribution in [1.29, 1.82) is 0 Å². The molecule has 0 aromatic heterocycles. The molecule has 0 bridgehead atoms. The number of hydrogen-bond acceptors (Lipinski definition) is 3. The molecule has 4 unspecified atom stereocenters. The summed E-state index contributed by atoms with van der Waals surface area (Å²) >= 11 is 0. The van der Waals surface area contributed by atoms with Gasteiger partial charge in [-0.2, -0.15) is 0 Å². The number of carbonyl (C=O) groups excluding carboxylic acids is 1. The van der Waals surface area contributed by atoms with Crippen LogP contribution in [0.1, 0.15) is 44.9 Å². The number of fused-ring (bicyclic) bond motifs is 1. The fourth-order valence-corrected chi connectivity index (χ4v) is 4.03. The highest BCUT2D eigenvalue weighted by Crippen LogP contribution is 2.30. The molecule has 2 aliphatic heterocycles. The number of carbonyl (C=O) groups is 1. The molecular formula is C14H25N3O. The molecule has 4 heteroatoms. The fraction of sp³-hybridized carbons (Fsp3) is 0.929. The number of piperidine rings is 2. The average Bonchev–Trinajstić information content (AvgIpc) is 2.39. The first-order chi connectivity index (χ1) is 8.74. The molecule has 102 valence electrons. The Morgan fingerprint density at radius 3 is 2.83 bits per heavy atom. The molecule has 1 saturated carbocycles. The minimum absolute atomic E-state index is 0.249. The van der Waals surface area contributed by atoms with Gasteiger partial charge in [0.2, 0.25) is 5.91 Å². The summed E-state index contributed by atoms with van der Waals surface area (Å²) in [6.07, 6.45) is 7.98. The van der Waals surface area contributed by atoms with Crippen molar-refractivity contribution >= 4 is 5.91 Å². The lowest BCUT2D eigenvalue weighted by molar-refractivity contribution is -0.125. The summed E-state index contributed by atoms with van der Waals surface area (Å²) in [5, 5.41) is 3.16. The third-order valence-corrected chi connectivity index (χ3v) is 5.10. The molecule has 0 aromatic rings. The second kappa shape index (κ2) is 5.17. The number of nitrogens with two attached hydrogens (primary N) is 1. The number of likely N-dealkylation sites (tertiary alicyclic amines) is 1. The van der Waals surface area contributed by atoms with Crippen LogP contribution in [0.3, 0.4) is 0 Å². The Bertz CT molecular complexity index is 320. The van der Waals surface area contributed by atoms with Crippen molar-refractivity contribution in [3.8, 4) is 0 Å². The molecule has 0 aromatic carbocycles. The van der Waals surface area contributed by atoms with Gasteiger partial charge in [0.15, 0.2) is 0 Å². The standard InChI is InChI=1S/C14H25N3O/c15-11-3-1-2-4-13(11)17-8-7-12-10(9-17)5-6-14(18)16-12/h10-13H,1-9,15H2,(H,16,18). The normalized spacial score (nSPS) is 42.2. The van der Waals surface area contributed by atoms with Crippen LogP contribution < -0.4 is 11.1 Å². The van der Waals surface area contributed by atoms with Crippen LogP contribution in [0.5, 0.6) is 0 Å². The molecule has 4 atom stereocenters. The van der Waals surface area contributed by atoms with E-state index in [2.05, 4.69) is 10.2 Å². The van der Waals surface area contributed by atoms with Gasteiger partial charge in [0.1, 0.15) is 0 Å². The third-order valence-electron chi connectivity index (χ3n) is 5.10. The van der Waals surface area contributed by atoms with Crippen LogP contribution in [0.25, 0.3) is 0 Å². The van der Waals surface area contributed by atoms with Crippen molar-refractivity contribution in [3.05, 3.63) is 0 Å². The largest absolute Gasteiger partial charge is 0.353 e. The average molecular weight is 251 g/mol. The van der Waals surface area contributed by atoms with Gasteiger partial charge in [-0.15, -0.1) is 0 Å². The molecule has 3 aliphatic rings. The van der Waals surface area contributed by atoms with Gasteiger partial charge < -0.3 is 11.1 Å². The van der Waals surface area contributed by atoms with E-state index >= 15 is 0 Å². The van der Waals surface area contributed by atoms with Gasteiger partial charge >= 0.3 is 0 Å². The maximum absolute atomic E-state index is 11.4. The monoisotopic (exact) mass is 251 g/mol. The molecule has 1 amide bonds. The predicted molar refractivity (Wildman–Crippen MR) is 71.1 cm³/mol. The van der Waals surface area contributed by atoms with Crippen LogP contribution in [0.15, 0.2) is 0 Å². The van der Waals surface area contributed by atoms with E-state index in [1.54, 1.807) is 0 Å². The van der Waals surface area contributed by atoms with Crippen LogP contribution >= 0.6 is 0 Å². The summed E-state index contributed by atoms with van der Waals surface area (Å²) in [7, 11) is 0. The highest BCUT2D eigenvalue weighted by Gasteiger charge is 2.37. The summed E-state index contributed by atoms with van der Waals surface area (Å²) in [5.74, 6) is 0.907. The molecule has 0 spiro atoms. The van der Waals surface area contributed by atoms with Crippen molar-refractivity contribution < 1.29 is 4.79 Å². The number of rotatable bonds is 1. The Hall–Kier alpha value is -0.610. The quantitative estimate of drug-likeness (QED) is 0.726. The molecule has 0 radical (unpaired) electrons. The number of nitrogens with one attached hydrogen (secondary N) is 1. The van der Waals surface area contributed by atoms with Crippen molar-refractivity contribution in [1.82, 2.24) is 10.2 Å². The van der Waals surface area contributed by atoms with Crippen LogP contribution in [-0.2, 0) is 4.79 Å². The van der Waals surface area contributed by atoms with Gasteiger partial charge in [0.05, 0.1) is 0 Å². The van der Waals surface area contributed by atoms with Gasteiger partial charge in [-0.1, -0.05) is 12.8 Å². The zero-order valence-corrected chi connectivity index (χ0v) is 11.1. The number of hydrogen-bond donors (Lipinski definition) is 2. The summed E-state index contributed by atoms with van der Waals surface area (Å²) in [6.45, 7) is 2.25. The van der Waals surface area contributed by atoms with Crippen molar-refractivity contribution in [2.75, 3.05) is 13.1 Å².